The molecule has 178 valence electrons. The van der Waals surface area contributed by atoms with E-state index in [-0.39, 0.29) is 5.88 Å². The number of nitrogens with zero attached hydrogens (tertiary/aromatic N) is 1. The average molecular weight is 471 g/mol. The van der Waals surface area contributed by atoms with Crippen LogP contribution in [-0.4, -0.2) is 21.7 Å². The second kappa shape index (κ2) is 9.93. The standard InChI is InChI=1S/C28H26N2O5/c1-18-24(29-27(34-18)23-10-5-8-20-7-2-3-9-22(20)23)16-17-33-21-14-12-19(13-15-21)6-4-11-25-26(31)30-28(32)35-25/h2-3,5,7-10,12-15,31H,4,6,11,16-17H2,1H3,(H,30,32). The number of rotatable bonds is 9. The molecule has 0 fully saturated rings. The predicted octanol–water partition coefficient (Wildman–Crippen LogP) is 5.59. The van der Waals surface area contributed by atoms with E-state index in [1.807, 2.05) is 55.5 Å². The quantitative estimate of drug-likeness (QED) is 0.291. The highest BCUT2D eigenvalue weighted by Crippen LogP contribution is 2.29. The van der Waals surface area contributed by atoms with E-state index in [0.29, 0.717) is 31.1 Å². The minimum Gasteiger partial charge on any atom is -0.493 e. The number of aromatic nitrogens is 2. The van der Waals surface area contributed by atoms with E-state index < -0.39 is 5.76 Å². The van der Waals surface area contributed by atoms with Crippen LogP contribution < -0.4 is 10.5 Å². The molecule has 0 aliphatic carbocycles. The lowest BCUT2D eigenvalue weighted by atomic mass is 10.0. The Morgan fingerprint density at radius 2 is 1.74 bits per heavy atom. The molecule has 0 aliphatic heterocycles. The number of H-pyrrole nitrogens is 1. The molecule has 0 unspecified atom stereocenters. The fraction of sp³-hybridized carbons (Fsp3) is 0.214. The van der Waals surface area contributed by atoms with Crippen LogP contribution in [0.5, 0.6) is 11.6 Å². The molecule has 0 amide bonds. The molecule has 0 spiro atoms. The average Bonchev–Trinajstić information content (AvgIpc) is 3.40. The highest BCUT2D eigenvalue weighted by molar-refractivity contribution is 5.94. The summed E-state index contributed by atoms with van der Waals surface area (Å²) in [5.74, 6) is 1.69. The maximum Gasteiger partial charge on any atom is 0.419 e. The van der Waals surface area contributed by atoms with Gasteiger partial charge in [0.15, 0.2) is 5.76 Å². The Morgan fingerprint density at radius 3 is 2.54 bits per heavy atom. The van der Waals surface area contributed by atoms with Crippen molar-refractivity contribution < 1.29 is 18.7 Å². The van der Waals surface area contributed by atoms with E-state index in [4.69, 9.17) is 18.6 Å². The lowest BCUT2D eigenvalue weighted by Crippen LogP contribution is -2.03. The summed E-state index contributed by atoms with van der Waals surface area (Å²) in [6, 6.07) is 22.3. The van der Waals surface area contributed by atoms with Gasteiger partial charge in [0.1, 0.15) is 11.5 Å². The third-order valence-electron chi connectivity index (χ3n) is 6.01. The van der Waals surface area contributed by atoms with Crippen molar-refractivity contribution in [3.05, 3.63) is 100 Å². The lowest BCUT2D eigenvalue weighted by Gasteiger charge is -2.07. The van der Waals surface area contributed by atoms with Crippen molar-refractivity contribution in [2.75, 3.05) is 6.61 Å². The molecule has 0 atom stereocenters. The van der Waals surface area contributed by atoms with Gasteiger partial charge in [-0.15, -0.1) is 0 Å². The maximum absolute atomic E-state index is 11.1. The first kappa shape index (κ1) is 22.5. The molecule has 0 saturated carbocycles. The molecule has 7 heteroatoms. The normalized spacial score (nSPS) is 11.2. The van der Waals surface area contributed by atoms with Crippen LogP contribution >= 0.6 is 0 Å². The monoisotopic (exact) mass is 470 g/mol. The molecule has 3 aromatic carbocycles. The van der Waals surface area contributed by atoms with Crippen LogP contribution in [0.2, 0.25) is 0 Å². The number of fused-ring (bicyclic) bond motifs is 1. The van der Waals surface area contributed by atoms with Gasteiger partial charge in [-0.3, -0.25) is 4.98 Å². The number of aromatic hydroxyl groups is 1. The zero-order chi connectivity index (χ0) is 24.2. The zero-order valence-corrected chi connectivity index (χ0v) is 19.4. The second-order valence-corrected chi connectivity index (χ2v) is 8.43. The minimum atomic E-state index is -0.635. The first-order valence-electron chi connectivity index (χ1n) is 11.6. The molecule has 35 heavy (non-hydrogen) atoms. The maximum atomic E-state index is 11.1. The number of nitrogens with one attached hydrogen (secondary N) is 1. The fourth-order valence-corrected chi connectivity index (χ4v) is 4.18. The van der Waals surface area contributed by atoms with Gasteiger partial charge in [-0.2, -0.15) is 0 Å². The van der Waals surface area contributed by atoms with Crippen molar-refractivity contribution in [1.82, 2.24) is 9.97 Å². The van der Waals surface area contributed by atoms with Crippen molar-refractivity contribution in [1.29, 1.82) is 0 Å². The summed E-state index contributed by atoms with van der Waals surface area (Å²) >= 11 is 0. The molecular weight excluding hydrogens is 444 g/mol. The molecule has 2 heterocycles. The largest absolute Gasteiger partial charge is 0.493 e. The molecule has 2 N–H and O–H groups in total. The molecule has 5 aromatic rings. The Labute approximate surface area is 202 Å². The fourth-order valence-electron chi connectivity index (χ4n) is 4.18. The summed E-state index contributed by atoms with van der Waals surface area (Å²) in [4.78, 5) is 18.1. The Balaban J connectivity index is 1.15. The summed E-state index contributed by atoms with van der Waals surface area (Å²) in [6.45, 7) is 2.43. The second-order valence-electron chi connectivity index (χ2n) is 8.43. The summed E-state index contributed by atoms with van der Waals surface area (Å²) < 4.78 is 16.8. The third kappa shape index (κ3) is 5.14. The summed E-state index contributed by atoms with van der Waals surface area (Å²) in [5.41, 5.74) is 3.02. The van der Waals surface area contributed by atoms with Gasteiger partial charge in [-0.1, -0.05) is 48.5 Å². The molecule has 2 aromatic heterocycles. The molecule has 0 saturated heterocycles. The Morgan fingerprint density at radius 1 is 0.943 bits per heavy atom. The highest BCUT2D eigenvalue weighted by atomic mass is 16.5. The number of aromatic amines is 1. The Bertz CT molecular complexity index is 1490. The van der Waals surface area contributed by atoms with Gasteiger partial charge in [-0.05, 0) is 54.3 Å². The number of oxazole rings is 2. The summed E-state index contributed by atoms with van der Waals surface area (Å²) in [6.07, 6.45) is 2.68. The van der Waals surface area contributed by atoms with E-state index in [1.165, 1.54) is 0 Å². The topological polar surface area (TPSA) is 101 Å². The van der Waals surface area contributed by atoms with Crippen LogP contribution in [0.4, 0.5) is 0 Å². The number of benzene rings is 3. The molecular formula is C28H26N2O5. The first-order valence-corrected chi connectivity index (χ1v) is 11.6. The SMILES string of the molecule is Cc1oc(-c2cccc3ccccc23)nc1CCOc1ccc(CCCc2oc(=O)[nH]c2O)cc1. The van der Waals surface area contributed by atoms with Crippen LogP contribution in [0, 0.1) is 6.92 Å². The number of ether oxygens (including phenoxy) is 1. The van der Waals surface area contributed by atoms with Crippen molar-refractivity contribution in [2.45, 2.75) is 32.6 Å². The molecule has 7 nitrogen and oxygen atoms in total. The smallest absolute Gasteiger partial charge is 0.419 e. The van der Waals surface area contributed by atoms with Crippen molar-refractivity contribution in [3.8, 4) is 23.1 Å². The van der Waals surface area contributed by atoms with Gasteiger partial charge in [0, 0.05) is 18.4 Å². The Hall–Kier alpha value is -4.26. The van der Waals surface area contributed by atoms with Crippen LogP contribution in [0.15, 0.2) is 80.4 Å². The van der Waals surface area contributed by atoms with Gasteiger partial charge in [0.25, 0.3) is 0 Å². The van der Waals surface area contributed by atoms with Crippen LogP contribution in [0.25, 0.3) is 22.2 Å². The highest BCUT2D eigenvalue weighted by Gasteiger charge is 2.14. The lowest BCUT2D eigenvalue weighted by molar-refractivity contribution is 0.320. The van der Waals surface area contributed by atoms with Gasteiger partial charge in [0.05, 0.1) is 12.3 Å². The van der Waals surface area contributed by atoms with Gasteiger partial charge in [0.2, 0.25) is 11.8 Å². The Kier molecular flexibility index (Phi) is 6.39. The van der Waals surface area contributed by atoms with Crippen LogP contribution in [-0.2, 0) is 19.3 Å². The third-order valence-corrected chi connectivity index (χ3v) is 6.01. The molecule has 0 bridgehead atoms. The van der Waals surface area contributed by atoms with E-state index in [9.17, 15) is 9.90 Å². The first-order chi connectivity index (χ1) is 17.1. The molecule has 5 rings (SSSR count). The van der Waals surface area contributed by atoms with Crippen LogP contribution in [0.3, 0.4) is 0 Å². The number of hydrogen-bond donors (Lipinski definition) is 2. The van der Waals surface area contributed by atoms with Gasteiger partial charge < -0.3 is 18.7 Å². The predicted molar refractivity (Wildman–Crippen MR) is 133 cm³/mol. The summed E-state index contributed by atoms with van der Waals surface area (Å²) in [7, 11) is 0. The van der Waals surface area contributed by atoms with Crippen molar-refractivity contribution in [2.24, 2.45) is 0 Å². The van der Waals surface area contributed by atoms with Gasteiger partial charge >= 0.3 is 5.76 Å². The van der Waals surface area contributed by atoms with E-state index >= 15 is 0 Å². The summed E-state index contributed by atoms with van der Waals surface area (Å²) in [5, 5.41) is 11.8. The molecule has 0 aliphatic rings. The molecule has 0 radical (unpaired) electrons. The van der Waals surface area contributed by atoms with Crippen molar-refractivity contribution in [3.63, 3.8) is 0 Å². The van der Waals surface area contributed by atoms with Gasteiger partial charge in [-0.25, -0.2) is 9.78 Å². The zero-order valence-electron chi connectivity index (χ0n) is 19.4. The van der Waals surface area contributed by atoms with Crippen molar-refractivity contribution >= 4 is 10.8 Å². The minimum absolute atomic E-state index is 0.190. The number of aryl methyl sites for hydroxylation is 3. The van der Waals surface area contributed by atoms with Crippen LogP contribution in [0.1, 0.15) is 29.2 Å². The van der Waals surface area contributed by atoms with E-state index in [1.54, 1.807) is 0 Å². The van der Waals surface area contributed by atoms with E-state index in [0.717, 1.165) is 51.9 Å². The number of hydrogen-bond acceptors (Lipinski definition) is 6. The van der Waals surface area contributed by atoms with E-state index in [2.05, 4.69) is 23.2 Å².